The van der Waals surface area contributed by atoms with Crippen molar-refractivity contribution in [1.29, 1.82) is 0 Å². The van der Waals surface area contributed by atoms with Crippen molar-refractivity contribution in [2.45, 2.75) is 52.5 Å². The number of nitrogens with one attached hydrogen (secondary N) is 1. The van der Waals surface area contributed by atoms with E-state index in [1.165, 1.54) is 21.2 Å². The lowest BCUT2D eigenvalue weighted by Crippen LogP contribution is -2.24. The van der Waals surface area contributed by atoms with Gasteiger partial charge < -0.3 is 5.32 Å². The second-order valence-electron chi connectivity index (χ2n) is 6.58. The Balaban J connectivity index is 2.25. The average molecular weight is 275 g/mol. The second-order valence-corrected chi connectivity index (χ2v) is 7.49. The molecule has 0 aliphatic carbocycles. The lowest BCUT2D eigenvalue weighted by Gasteiger charge is -2.19. The van der Waals surface area contributed by atoms with Crippen LogP contribution in [-0.4, -0.2) is 12.6 Å². The van der Waals surface area contributed by atoms with E-state index in [9.17, 15) is 0 Å². The highest BCUT2D eigenvalue weighted by Gasteiger charge is 2.15. The van der Waals surface area contributed by atoms with Gasteiger partial charge in [-0.05, 0) is 52.4 Å². The van der Waals surface area contributed by atoms with E-state index in [1.54, 1.807) is 0 Å². The molecule has 0 atom stereocenters. The number of fused-ring (bicyclic) bond motifs is 1. The van der Waals surface area contributed by atoms with E-state index in [-0.39, 0.29) is 5.41 Å². The topological polar surface area (TPSA) is 12.0 Å². The Kier molecular flexibility index (Phi) is 4.32. The molecular formula is C17H25NS. The number of benzene rings is 1. The van der Waals surface area contributed by atoms with Crippen molar-refractivity contribution in [1.82, 2.24) is 5.32 Å². The zero-order valence-corrected chi connectivity index (χ0v) is 13.5. The minimum Gasteiger partial charge on any atom is -0.314 e. The average Bonchev–Trinajstić information content (AvgIpc) is 2.70. The van der Waals surface area contributed by atoms with Crippen molar-refractivity contribution in [2.75, 3.05) is 6.54 Å². The SMILES string of the molecule is CC(C)NCCc1csc2ccc(C(C)(C)C)cc12. The van der Waals surface area contributed by atoms with Gasteiger partial charge in [-0.3, -0.25) is 0 Å². The van der Waals surface area contributed by atoms with Crippen molar-refractivity contribution in [3.63, 3.8) is 0 Å². The van der Waals surface area contributed by atoms with Gasteiger partial charge in [-0.25, -0.2) is 0 Å². The highest BCUT2D eigenvalue weighted by Crippen LogP contribution is 2.31. The number of hydrogen-bond donors (Lipinski definition) is 1. The van der Waals surface area contributed by atoms with E-state index in [1.807, 2.05) is 11.3 Å². The van der Waals surface area contributed by atoms with Crippen LogP contribution in [0.2, 0.25) is 0 Å². The molecule has 2 rings (SSSR count). The summed E-state index contributed by atoms with van der Waals surface area (Å²) in [7, 11) is 0. The van der Waals surface area contributed by atoms with Crippen LogP contribution >= 0.6 is 11.3 Å². The summed E-state index contributed by atoms with van der Waals surface area (Å²) in [6.45, 7) is 12.3. The zero-order valence-electron chi connectivity index (χ0n) is 12.7. The minimum absolute atomic E-state index is 0.226. The van der Waals surface area contributed by atoms with E-state index in [2.05, 4.69) is 63.5 Å². The molecule has 2 aromatic rings. The molecule has 0 saturated carbocycles. The minimum atomic E-state index is 0.226. The fourth-order valence-corrected chi connectivity index (χ4v) is 3.22. The zero-order chi connectivity index (χ0) is 14.0. The van der Waals surface area contributed by atoms with Crippen LogP contribution in [0.3, 0.4) is 0 Å². The normalized spacial score (nSPS) is 12.5. The Hall–Kier alpha value is -0.860. The molecule has 104 valence electrons. The van der Waals surface area contributed by atoms with Crippen LogP contribution in [0.15, 0.2) is 23.6 Å². The van der Waals surface area contributed by atoms with Crippen LogP contribution < -0.4 is 5.32 Å². The third kappa shape index (κ3) is 3.58. The van der Waals surface area contributed by atoms with Crippen molar-refractivity contribution >= 4 is 21.4 Å². The summed E-state index contributed by atoms with van der Waals surface area (Å²) in [5.41, 5.74) is 3.14. The molecule has 1 aromatic heterocycles. The molecule has 19 heavy (non-hydrogen) atoms. The molecule has 0 amide bonds. The second kappa shape index (κ2) is 5.64. The molecule has 0 unspecified atom stereocenters. The fraction of sp³-hybridized carbons (Fsp3) is 0.529. The summed E-state index contributed by atoms with van der Waals surface area (Å²) in [4.78, 5) is 0. The smallest absolute Gasteiger partial charge is 0.0345 e. The van der Waals surface area contributed by atoms with E-state index in [0.717, 1.165) is 13.0 Å². The molecule has 0 aliphatic rings. The molecule has 2 heteroatoms. The van der Waals surface area contributed by atoms with Gasteiger partial charge in [0.05, 0.1) is 0 Å². The van der Waals surface area contributed by atoms with Crippen molar-refractivity contribution in [2.24, 2.45) is 0 Å². The molecule has 0 fully saturated rings. The summed E-state index contributed by atoms with van der Waals surface area (Å²) in [6.07, 6.45) is 1.12. The third-order valence-corrected chi connectivity index (χ3v) is 4.48. The Bertz CT molecular complexity index is 546. The monoisotopic (exact) mass is 275 g/mol. The number of rotatable bonds is 4. The molecule has 0 saturated heterocycles. The summed E-state index contributed by atoms with van der Waals surface area (Å²) in [5, 5.41) is 7.26. The maximum absolute atomic E-state index is 3.50. The molecule has 1 heterocycles. The summed E-state index contributed by atoms with van der Waals surface area (Å²) in [6, 6.07) is 7.50. The third-order valence-electron chi connectivity index (χ3n) is 3.47. The van der Waals surface area contributed by atoms with Crippen molar-refractivity contribution < 1.29 is 0 Å². The molecule has 1 N–H and O–H groups in total. The van der Waals surface area contributed by atoms with Crippen LogP contribution in [0, 0.1) is 0 Å². The van der Waals surface area contributed by atoms with E-state index in [0.29, 0.717) is 6.04 Å². The van der Waals surface area contributed by atoms with Gasteiger partial charge in [0.25, 0.3) is 0 Å². The maximum Gasteiger partial charge on any atom is 0.0345 e. The quantitative estimate of drug-likeness (QED) is 0.850. The van der Waals surface area contributed by atoms with Gasteiger partial charge in [-0.15, -0.1) is 11.3 Å². The van der Waals surface area contributed by atoms with Crippen LogP contribution in [0.25, 0.3) is 10.1 Å². The number of hydrogen-bond acceptors (Lipinski definition) is 2. The van der Waals surface area contributed by atoms with E-state index >= 15 is 0 Å². The van der Waals surface area contributed by atoms with Gasteiger partial charge in [-0.2, -0.15) is 0 Å². The highest BCUT2D eigenvalue weighted by atomic mass is 32.1. The van der Waals surface area contributed by atoms with Crippen molar-refractivity contribution in [3.05, 3.63) is 34.7 Å². The first-order chi connectivity index (χ1) is 8.88. The summed E-state index contributed by atoms with van der Waals surface area (Å²) in [5.74, 6) is 0. The maximum atomic E-state index is 3.50. The highest BCUT2D eigenvalue weighted by molar-refractivity contribution is 7.17. The van der Waals surface area contributed by atoms with Crippen LogP contribution in [0.4, 0.5) is 0 Å². The Morgan fingerprint density at radius 1 is 1.21 bits per heavy atom. The molecule has 0 spiro atoms. The van der Waals surface area contributed by atoms with E-state index in [4.69, 9.17) is 0 Å². The predicted octanol–water partition coefficient (Wildman–Crippen LogP) is 4.74. The van der Waals surface area contributed by atoms with Crippen LogP contribution in [0.1, 0.15) is 45.7 Å². The first-order valence-electron chi connectivity index (χ1n) is 7.12. The predicted molar refractivity (Wildman–Crippen MR) is 87.4 cm³/mol. The van der Waals surface area contributed by atoms with Gasteiger partial charge in [0.1, 0.15) is 0 Å². The molecular weight excluding hydrogens is 250 g/mol. The molecule has 1 nitrogen and oxygen atoms in total. The van der Waals surface area contributed by atoms with Crippen molar-refractivity contribution in [3.8, 4) is 0 Å². The van der Waals surface area contributed by atoms with Gasteiger partial charge in [-0.1, -0.05) is 40.7 Å². The summed E-state index contributed by atoms with van der Waals surface area (Å²) >= 11 is 1.86. The lowest BCUT2D eigenvalue weighted by molar-refractivity contribution is 0.589. The fourth-order valence-electron chi connectivity index (χ4n) is 2.24. The first kappa shape index (κ1) is 14.5. The van der Waals surface area contributed by atoms with Gasteiger partial charge in [0.2, 0.25) is 0 Å². The molecule has 0 radical (unpaired) electrons. The first-order valence-corrected chi connectivity index (χ1v) is 8.00. The lowest BCUT2D eigenvalue weighted by atomic mass is 9.86. The summed E-state index contributed by atoms with van der Waals surface area (Å²) < 4.78 is 1.41. The van der Waals surface area contributed by atoms with Gasteiger partial charge >= 0.3 is 0 Å². The standard InChI is InChI=1S/C17H25NS/c1-12(2)18-9-8-13-11-19-16-7-6-14(10-15(13)16)17(3,4)5/h6-7,10-12,18H,8-9H2,1-5H3. The Morgan fingerprint density at radius 2 is 1.95 bits per heavy atom. The Labute approximate surface area is 121 Å². The van der Waals surface area contributed by atoms with Gasteiger partial charge in [0.15, 0.2) is 0 Å². The molecule has 0 aliphatic heterocycles. The molecule has 1 aromatic carbocycles. The van der Waals surface area contributed by atoms with Crippen LogP contribution in [0.5, 0.6) is 0 Å². The molecule has 0 bridgehead atoms. The van der Waals surface area contributed by atoms with E-state index < -0.39 is 0 Å². The number of thiophene rings is 1. The van der Waals surface area contributed by atoms with Crippen LogP contribution in [-0.2, 0) is 11.8 Å². The van der Waals surface area contributed by atoms with Gasteiger partial charge in [0, 0.05) is 10.7 Å². The largest absolute Gasteiger partial charge is 0.314 e. The Morgan fingerprint density at radius 3 is 2.58 bits per heavy atom.